The van der Waals surface area contributed by atoms with Gasteiger partial charge in [0.1, 0.15) is 5.82 Å². The smallest absolute Gasteiger partial charge is 0.220 e. The summed E-state index contributed by atoms with van der Waals surface area (Å²) in [6.45, 7) is 6.03. The lowest BCUT2D eigenvalue weighted by Crippen LogP contribution is -2.38. The number of hydrogen-bond acceptors (Lipinski definition) is 3. The number of nitrogens with zero attached hydrogens (tertiary/aromatic N) is 1. The molecule has 1 saturated heterocycles. The summed E-state index contributed by atoms with van der Waals surface area (Å²) >= 11 is 1.82. The number of rotatable bonds is 7. The summed E-state index contributed by atoms with van der Waals surface area (Å²) in [5.41, 5.74) is 1.00. The van der Waals surface area contributed by atoms with Crippen molar-refractivity contribution in [2.24, 2.45) is 5.92 Å². The van der Waals surface area contributed by atoms with E-state index in [4.69, 9.17) is 0 Å². The van der Waals surface area contributed by atoms with Crippen LogP contribution in [0, 0.1) is 11.7 Å². The quantitative estimate of drug-likeness (QED) is 0.779. The molecule has 1 fully saturated rings. The van der Waals surface area contributed by atoms with E-state index in [1.54, 1.807) is 12.1 Å². The molecule has 3 nitrogen and oxygen atoms in total. The van der Waals surface area contributed by atoms with E-state index in [9.17, 15) is 9.18 Å². The van der Waals surface area contributed by atoms with Crippen molar-refractivity contribution in [1.82, 2.24) is 10.2 Å². The average molecular weight is 375 g/mol. The maximum absolute atomic E-state index is 13.0. The Morgan fingerprint density at radius 2 is 2.00 bits per heavy atom. The van der Waals surface area contributed by atoms with Gasteiger partial charge in [0.2, 0.25) is 5.91 Å². The summed E-state index contributed by atoms with van der Waals surface area (Å²) in [6.07, 6.45) is 2.72. The van der Waals surface area contributed by atoms with Crippen LogP contribution in [-0.2, 0) is 11.3 Å². The van der Waals surface area contributed by atoms with Gasteiger partial charge in [0.15, 0.2) is 0 Å². The zero-order valence-corrected chi connectivity index (χ0v) is 16.1. The fourth-order valence-electron chi connectivity index (χ4n) is 3.49. The Balaban J connectivity index is 1.35. The number of thiophene rings is 1. The number of halogens is 1. The molecule has 2 heterocycles. The normalized spacial score (nSPS) is 17.2. The third kappa shape index (κ3) is 5.64. The lowest BCUT2D eigenvalue weighted by Gasteiger charge is -2.31. The van der Waals surface area contributed by atoms with Crippen molar-refractivity contribution in [3.63, 3.8) is 0 Å². The van der Waals surface area contributed by atoms with Crippen molar-refractivity contribution < 1.29 is 9.18 Å². The number of benzene rings is 1. The first-order valence-electron chi connectivity index (χ1n) is 9.37. The van der Waals surface area contributed by atoms with E-state index in [0.29, 0.717) is 12.3 Å². The number of likely N-dealkylation sites (tertiary alicyclic amines) is 1. The SMILES string of the molecule is CC(CC(=O)NCC1CCN(Cc2cccs2)CC1)c1ccc(F)cc1. The summed E-state index contributed by atoms with van der Waals surface area (Å²) in [5.74, 6) is 0.515. The van der Waals surface area contributed by atoms with E-state index in [0.717, 1.165) is 44.6 Å². The van der Waals surface area contributed by atoms with Gasteiger partial charge in [0.05, 0.1) is 0 Å². The zero-order valence-electron chi connectivity index (χ0n) is 15.3. The molecule has 2 aromatic rings. The molecule has 1 unspecified atom stereocenters. The van der Waals surface area contributed by atoms with Crippen LogP contribution in [0.1, 0.15) is 42.5 Å². The number of nitrogens with one attached hydrogen (secondary N) is 1. The monoisotopic (exact) mass is 374 g/mol. The van der Waals surface area contributed by atoms with Crippen molar-refractivity contribution in [2.45, 2.75) is 38.6 Å². The van der Waals surface area contributed by atoms with Crippen LogP contribution >= 0.6 is 11.3 Å². The molecule has 1 amide bonds. The Morgan fingerprint density at radius 3 is 2.65 bits per heavy atom. The first kappa shape index (κ1) is 19.1. The lowest BCUT2D eigenvalue weighted by atomic mass is 9.95. The summed E-state index contributed by atoms with van der Waals surface area (Å²) < 4.78 is 13.0. The van der Waals surface area contributed by atoms with E-state index < -0.39 is 0 Å². The lowest BCUT2D eigenvalue weighted by molar-refractivity contribution is -0.121. The van der Waals surface area contributed by atoms with Gasteiger partial charge in [-0.25, -0.2) is 4.39 Å². The van der Waals surface area contributed by atoms with E-state index in [1.165, 1.54) is 17.0 Å². The molecular weight excluding hydrogens is 347 g/mol. The van der Waals surface area contributed by atoms with Crippen LogP contribution < -0.4 is 5.32 Å². The Bertz CT molecular complexity index is 679. The summed E-state index contributed by atoms with van der Waals surface area (Å²) in [4.78, 5) is 16.1. The van der Waals surface area contributed by atoms with Crippen molar-refractivity contribution >= 4 is 17.2 Å². The number of carbonyl (C=O) groups excluding carboxylic acids is 1. The molecule has 0 aliphatic carbocycles. The summed E-state index contributed by atoms with van der Waals surface area (Å²) in [6, 6.07) is 10.7. The fourth-order valence-corrected chi connectivity index (χ4v) is 4.24. The van der Waals surface area contributed by atoms with E-state index in [1.807, 2.05) is 18.3 Å². The van der Waals surface area contributed by atoms with Crippen LogP contribution in [0.5, 0.6) is 0 Å². The van der Waals surface area contributed by atoms with Gasteiger partial charge in [-0.1, -0.05) is 25.1 Å². The molecule has 0 saturated carbocycles. The highest BCUT2D eigenvalue weighted by Crippen LogP contribution is 2.21. The van der Waals surface area contributed by atoms with Gasteiger partial charge in [-0.2, -0.15) is 0 Å². The van der Waals surface area contributed by atoms with Gasteiger partial charge >= 0.3 is 0 Å². The third-order valence-electron chi connectivity index (χ3n) is 5.19. The molecular formula is C21H27FN2OS. The van der Waals surface area contributed by atoms with Gasteiger partial charge in [0.25, 0.3) is 0 Å². The predicted octanol–water partition coefficient (Wildman–Crippen LogP) is 4.41. The summed E-state index contributed by atoms with van der Waals surface area (Å²) in [7, 11) is 0. The minimum Gasteiger partial charge on any atom is -0.356 e. The Hall–Kier alpha value is -1.72. The largest absolute Gasteiger partial charge is 0.356 e. The van der Waals surface area contributed by atoms with Crippen LogP contribution in [0.25, 0.3) is 0 Å². The molecule has 0 radical (unpaired) electrons. The maximum Gasteiger partial charge on any atom is 0.220 e. The number of hydrogen-bond donors (Lipinski definition) is 1. The van der Waals surface area contributed by atoms with Crippen molar-refractivity contribution in [3.8, 4) is 0 Å². The molecule has 0 spiro atoms. The van der Waals surface area contributed by atoms with Gasteiger partial charge in [0, 0.05) is 24.4 Å². The van der Waals surface area contributed by atoms with Gasteiger partial charge in [-0.05, 0) is 66.9 Å². The summed E-state index contributed by atoms with van der Waals surface area (Å²) in [5, 5.41) is 5.22. The molecule has 3 rings (SSSR count). The van der Waals surface area contributed by atoms with Crippen molar-refractivity contribution in [2.75, 3.05) is 19.6 Å². The second kappa shape index (κ2) is 9.28. The van der Waals surface area contributed by atoms with Crippen LogP contribution in [0.2, 0.25) is 0 Å². The topological polar surface area (TPSA) is 32.3 Å². The minimum absolute atomic E-state index is 0.0860. The zero-order chi connectivity index (χ0) is 18.4. The second-order valence-corrected chi connectivity index (χ2v) is 8.29. The Labute approximate surface area is 159 Å². The molecule has 1 N–H and O–H groups in total. The molecule has 5 heteroatoms. The highest BCUT2D eigenvalue weighted by Gasteiger charge is 2.20. The van der Waals surface area contributed by atoms with Gasteiger partial charge in [-0.3, -0.25) is 9.69 Å². The van der Waals surface area contributed by atoms with Crippen molar-refractivity contribution in [1.29, 1.82) is 0 Å². The molecule has 140 valence electrons. The molecule has 1 atom stereocenters. The van der Waals surface area contributed by atoms with Crippen LogP contribution in [-0.4, -0.2) is 30.4 Å². The highest BCUT2D eigenvalue weighted by molar-refractivity contribution is 7.09. The number of amides is 1. The second-order valence-electron chi connectivity index (χ2n) is 7.26. The number of piperidine rings is 1. The highest BCUT2D eigenvalue weighted by atomic mass is 32.1. The fraction of sp³-hybridized carbons (Fsp3) is 0.476. The standard InChI is InChI=1S/C21H27FN2OS/c1-16(18-4-6-19(22)7-5-18)13-21(25)23-14-17-8-10-24(11-9-17)15-20-3-2-12-26-20/h2-7,12,16-17H,8-11,13-15H2,1H3,(H,23,25). The minimum atomic E-state index is -0.240. The van der Waals surface area contributed by atoms with Gasteiger partial charge in [-0.15, -0.1) is 11.3 Å². The maximum atomic E-state index is 13.0. The van der Waals surface area contributed by atoms with E-state index in [2.05, 4.69) is 27.7 Å². The molecule has 1 aromatic carbocycles. The average Bonchev–Trinajstić information content (AvgIpc) is 3.15. The van der Waals surface area contributed by atoms with E-state index in [-0.39, 0.29) is 17.6 Å². The molecule has 1 aliphatic rings. The molecule has 1 aliphatic heterocycles. The molecule has 26 heavy (non-hydrogen) atoms. The van der Waals surface area contributed by atoms with Crippen molar-refractivity contribution in [3.05, 3.63) is 58.0 Å². The first-order valence-corrected chi connectivity index (χ1v) is 10.2. The molecule has 1 aromatic heterocycles. The third-order valence-corrected chi connectivity index (χ3v) is 6.05. The Kier molecular flexibility index (Phi) is 6.80. The Morgan fingerprint density at radius 1 is 1.27 bits per heavy atom. The van der Waals surface area contributed by atoms with E-state index >= 15 is 0 Å². The number of carbonyl (C=O) groups is 1. The van der Waals surface area contributed by atoms with Crippen LogP contribution in [0.3, 0.4) is 0 Å². The van der Waals surface area contributed by atoms with Crippen LogP contribution in [0.15, 0.2) is 41.8 Å². The van der Waals surface area contributed by atoms with Gasteiger partial charge < -0.3 is 5.32 Å². The van der Waals surface area contributed by atoms with Crippen LogP contribution in [0.4, 0.5) is 4.39 Å². The molecule has 0 bridgehead atoms. The predicted molar refractivity (Wildman–Crippen MR) is 105 cm³/mol. The first-order chi connectivity index (χ1) is 12.6.